The van der Waals surface area contributed by atoms with E-state index in [1.807, 2.05) is 37.4 Å². The number of carbonyl (C=O) groups excluding carboxylic acids is 1. The van der Waals surface area contributed by atoms with Crippen LogP contribution in [0.15, 0.2) is 35.5 Å². The van der Waals surface area contributed by atoms with Crippen LogP contribution in [-0.4, -0.2) is 33.6 Å². The summed E-state index contributed by atoms with van der Waals surface area (Å²) in [7, 11) is 1.82. The van der Waals surface area contributed by atoms with Crippen molar-refractivity contribution in [2.45, 2.75) is 37.9 Å². The van der Waals surface area contributed by atoms with Crippen molar-refractivity contribution < 1.29 is 4.79 Å². The van der Waals surface area contributed by atoms with E-state index in [1.54, 1.807) is 16.2 Å². The highest BCUT2D eigenvalue weighted by Gasteiger charge is 2.23. The molecule has 4 rings (SSSR count). The van der Waals surface area contributed by atoms with Crippen LogP contribution in [0.25, 0.3) is 10.2 Å². The molecule has 2 N–H and O–H groups in total. The molecule has 0 aliphatic heterocycles. The number of hydrogen-bond acceptors (Lipinski definition) is 6. The molecule has 1 amide bonds. The van der Waals surface area contributed by atoms with Crippen LogP contribution in [0.1, 0.15) is 29.3 Å². The van der Waals surface area contributed by atoms with Gasteiger partial charge in [-0.1, -0.05) is 49.0 Å². The van der Waals surface area contributed by atoms with E-state index in [-0.39, 0.29) is 5.91 Å². The van der Waals surface area contributed by atoms with Crippen LogP contribution < -0.4 is 5.73 Å². The number of carbonyl (C=O) groups is 1. The molecule has 0 saturated carbocycles. The van der Waals surface area contributed by atoms with Gasteiger partial charge in [0.25, 0.3) is 0 Å². The molecule has 5 nitrogen and oxygen atoms in total. The van der Waals surface area contributed by atoms with Crippen molar-refractivity contribution >= 4 is 45.0 Å². The van der Waals surface area contributed by atoms with Crippen LogP contribution in [0.4, 0.5) is 5.82 Å². The zero-order chi connectivity index (χ0) is 19.7. The van der Waals surface area contributed by atoms with Crippen LogP contribution in [-0.2, 0) is 24.2 Å². The predicted molar refractivity (Wildman–Crippen MR) is 117 cm³/mol. The van der Waals surface area contributed by atoms with Gasteiger partial charge in [-0.2, -0.15) is 0 Å². The number of thiophene rings is 1. The van der Waals surface area contributed by atoms with Gasteiger partial charge in [0.1, 0.15) is 10.6 Å². The zero-order valence-electron chi connectivity index (χ0n) is 16.1. The number of nitrogen functional groups attached to an aromatic ring is 1. The van der Waals surface area contributed by atoms with E-state index in [2.05, 4.69) is 11.9 Å². The van der Waals surface area contributed by atoms with Crippen molar-refractivity contribution in [3.05, 3.63) is 46.3 Å². The maximum Gasteiger partial charge on any atom is 0.233 e. The molecule has 146 valence electrons. The Labute approximate surface area is 173 Å². The third-order valence-corrected chi connectivity index (χ3v) is 7.16. The highest BCUT2D eigenvalue weighted by Crippen LogP contribution is 2.39. The molecule has 1 atom stereocenters. The first-order valence-corrected chi connectivity index (χ1v) is 11.3. The summed E-state index contributed by atoms with van der Waals surface area (Å²) in [5.74, 6) is 1.61. The first-order valence-electron chi connectivity index (χ1n) is 9.49. The quantitative estimate of drug-likeness (QED) is 0.503. The monoisotopic (exact) mass is 412 g/mol. The Kier molecular flexibility index (Phi) is 5.55. The van der Waals surface area contributed by atoms with E-state index in [0.717, 1.165) is 28.6 Å². The van der Waals surface area contributed by atoms with Gasteiger partial charge in [-0.05, 0) is 36.3 Å². The van der Waals surface area contributed by atoms with Gasteiger partial charge in [-0.25, -0.2) is 9.97 Å². The van der Waals surface area contributed by atoms with Gasteiger partial charge in [0.2, 0.25) is 5.91 Å². The molecule has 0 saturated heterocycles. The summed E-state index contributed by atoms with van der Waals surface area (Å²) >= 11 is 3.09. The number of rotatable bonds is 5. The van der Waals surface area contributed by atoms with E-state index < -0.39 is 0 Å². The van der Waals surface area contributed by atoms with Crippen molar-refractivity contribution in [3.63, 3.8) is 0 Å². The van der Waals surface area contributed by atoms with E-state index in [9.17, 15) is 4.79 Å². The number of amides is 1. The van der Waals surface area contributed by atoms with Crippen LogP contribution >= 0.6 is 23.1 Å². The Morgan fingerprint density at radius 1 is 1.32 bits per heavy atom. The average molecular weight is 413 g/mol. The van der Waals surface area contributed by atoms with Gasteiger partial charge in [-0.15, -0.1) is 11.3 Å². The summed E-state index contributed by atoms with van der Waals surface area (Å²) in [6.07, 6.45) is 3.34. The fraction of sp³-hybridized carbons (Fsp3) is 0.381. The lowest BCUT2D eigenvalue weighted by atomic mass is 9.89. The van der Waals surface area contributed by atoms with E-state index in [0.29, 0.717) is 29.2 Å². The normalized spacial score (nSPS) is 16.1. The highest BCUT2D eigenvalue weighted by atomic mass is 32.2. The van der Waals surface area contributed by atoms with Crippen molar-refractivity contribution in [3.8, 4) is 0 Å². The molecule has 0 bridgehead atoms. The summed E-state index contributed by atoms with van der Waals surface area (Å²) in [5, 5.41) is 1.61. The summed E-state index contributed by atoms with van der Waals surface area (Å²) in [4.78, 5) is 25.8. The summed E-state index contributed by atoms with van der Waals surface area (Å²) < 4.78 is 0. The molecule has 0 fully saturated rings. The molecule has 2 aromatic heterocycles. The van der Waals surface area contributed by atoms with Crippen LogP contribution in [0.3, 0.4) is 0 Å². The third-order valence-electron chi connectivity index (χ3n) is 5.18. The number of hydrogen-bond donors (Lipinski definition) is 1. The van der Waals surface area contributed by atoms with Crippen molar-refractivity contribution in [1.82, 2.24) is 14.9 Å². The topological polar surface area (TPSA) is 72.1 Å². The van der Waals surface area contributed by atoms with Gasteiger partial charge in [0, 0.05) is 18.5 Å². The lowest BCUT2D eigenvalue weighted by Gasteiger charge is -2.18. The number of aryl methyl sites for hydroxylation is 1. The van der Waals surface area contributed by atoms with Gasteiger partial charge in [-0.3, -0.25) is 4.79 Å². The fourth-order valence-corrected chi connectivity index (χ4v) is 5.84. The van der Waals surface area contributed by atoms with Crippen molar-refractivity contribution in [1.29, 1.82) is 0 Å². The van der Waals surface area contributed by atoms with Crippen LogP contribution in [0.5, 0.6) is 0 Å². The SMILES string of the molecule is CC1CCc2c(sc3nc(SCC(=O)N(C)Cc4ccccc4)nc(N)c23)C1. The smallest absolute Gasteiger partial charge is 0.233 e. The lowest BCUT2D eigenvalue weighted by Crippen LogP contribution is -2.27. The fourth-order valence-electron chi connectivity index (χ4n) is 3.60. The number of aromatic nitrogens is 2. The molecule has 1 unspecified atom stereocenters. The molecule has 1 aliphatic carbocycles. The number of nitrogens with two attached hydrogens (primary N) is 1. The molecule has 28 heavy (non-hydrogen) atoms. The Hall–Kier alpha value is -2.12. The van der Waals surface area contributed by atoms with Gasteiger partial charge in [0.05, 0.1) is 11.1 Å². The van der Waals surface area contributed by atoms with Gasteiger partial charge >= 0.3 is 0 Å². The molecule has 7 heteroatoms. The largest absolute Gasteiger partial charge is 0.383 e. The Balaban J connectivity index is 1.45. The van der Waals surface area contributed by atoms with Crippen LogP contribution in [0.2, 0.25) is 0 Å². The van der Waals surface area contributed by atoms with Crippen molar-refractivity contribution in [2.75, 3.05) is 18.5 Å². The maximum atomic E-state index is 12.5. The first-order chi connectivity index (χ1) is 13.5. The second kappa shape index (κ2) is 8.09. The third kappa shape index (κ3) is 4.00. The predicted octanol–water partition coefficient (Wildman–Crippen LogP) is 4.15. The molecular formula is C21H24N4OS2. The van der Waals surface area contributed by atoms with E-state index in [1.165, 1.54) is 28.6 Å². The second-order valence-electron chi connectivity index (χ2n) is 7.45. The zero-order valence-corrected chi connectivity index (χ0v) is 17.8. The molecule has 3 aromatic rings. The second-order valence-corrected chi connectivity index (χ2v) is 9.47. The number of anilines is 1. The average Bonchev–Trinajstić information content (AvgIpc) is 3.04. The first kappa shape index (κ1) is 19.2. The Bertz CT molecular complexity index is 1000. The molecule has 1 aromatic carbocycles. The number of thioether (sulfide) groups is 1. The number of benzene rings is 1. The molecule has 0 spiro atoms. The maximum absolute atomic E-state index is 12.5. The molecular weight excluding hydrogens is 388 g/mol. The molecule has 1 aliphatic rings. The van der Waals surface area contributed by atoms with Gasteiger partial charge in [0.15, 0.2) is 5.16 Å². The number of fused-ring (bicyclic) bond motifs is 3. The minimum atomic E-state index is 0.0513. The van der Waals surface area contributed by atoms with Crippen molar-refractivity contribution in [2.24, 2.45) is 5.92 Å². The van der Waals surface area contributed by atoms with Gasteiger partial charge < -0.3 is 10.6 Å². The number of nitrogens with zero attached hydrogens (tertiary/aromatic N) is 3. The standard InChI is InChI=1S/C21H24N4OS2/c1-13-8-9-15-16(10-13)28-20-18(15)19(22)23-21(24-20)27-12-17(26)25(2)11-14-6-4-3-5-7-14/h3-7,13H,8-12H2,1-2H3,(H2,22,23,24). The molecule has 0 radical (unpaired) electrons. The van der Waals surface area contributed by atoms with E-state index in [4.69, 9.17) is 10.7 Å². The lowest BCUT2D eigenvalue weighted by molar-refractivity contribution is -0.127. The molecule has 2 heterocycles. The summed E-state index contributed by atoms with van der Waals surface area (Å²) in [6, 6.07) is 9.98. The minimum absolute atomic E-state index is 0.0513. The Morgan fingerprint density at radius 3 is 2.89 bits per heavy atom. The Morgan fingerprint density at radius 2 is 2.11 bits per heavy atom. The minimum Gasteiger partial charge on any atom is -0.383 e. The summed E-state index contributed by atoms with van der Waals surface area (Å²) in [6.45, 7) is 2.89. The van der Waals surface area contributed by atoms with Crippen LogP contribution in [0, 0.1) is 5.92 Å². The van der Waals surface area contributed by atoms with E-state index >= 15 is 0 Å². The summed E-state index contributed by atoms with van der Waals surface area (Å²) in [5.41, 5.74) is 8.73. The highest BCUT2D eigenvalue weighted by molar-refractivity contribution is 7.99.